The van der Waals surface area contributed by atoms with Crippen molar-refractivity contribution in [3.05, 3.63) is 65.1 Å². The van der Waals surface area contributed by atoms with Gasteiger partial charge in [-0.1, -0.05) is 29.8 Å². The number of hydrogen-bond donors (Lipinski definition) is 2. The fraction of sp³-hybridized carbons (Fsp3) is 0.385. The number of carbonyl (C=O) groups is 2. The van der Waals surface area contributed by atoms with E-state index in [-0.39, 0.29) is 36.0 Å². The Bertz CT molecular complexity index is 1240. The van der Waals surface area contributed by atoms with Crippen LogP contribution in [0.3, 0.4) is 0 Å². The second-order valence-electron chi connectivity index (χ2n) is 9.84. The Hall–Kier alpha value is -3.59. The summed E-state index contributed by atoms with van der Waals surface area (Å²) in [6.07, 6.45) is 6.58. The van der Waals surface area contributed by atoms with Gasteiger partial charge in [0, 0.05) is 48.2 Å². The largest absolute Gasteiger partial charge is 0.444 e. The van der Waals surface area contributed by atoms with Crippen molar-refractivity contribution in [2.24, 2.45) is 0 Å². The van der Waals surface area contributed by atoms with Gasteiger partial charge in [-0.05, 0) is 51.3 Å². The van der Waals surface area contributed by atoms with Gasteiger partial charge in [-0.3, -0.25) is 9.48 Å². The Morgan fingerprint density at radius 1 is 1.17 bits per heavy atom. The van der Waals surface area contributed by atoms with Gasteiger partial charge in [-0.25, -0.2) is 9.78 Å². The molecule has 0 aliphatic carbocycles. The number of nitrogens with one attached hydrogen (secondary N) is 1. The highest BCUT2D eigenvalue weighted by atomic mass is 35.5. The van der Waals surface area contributed by atoms with Crippen LogP contribution in [0.4, 0.5) is 10.6 Å². The number of halogens is 1. The smallest absolute Gasteiger partial charge is 0.410 e. The van der Waals surface area contributed by atoms with Gasteiger partial charge in [0.05, 0.1) is 17.8 Å². The summed E-state index contributed by atoms with van der Waals surface area (Å²) in [6.45, 7) is 7.08. The standard InChI is InChI=1S/C26H31ClN6O3/c1-26(2,3)36-25(35)32-10-8-20(9-11-32)33-16-19(15-31-33)18-12-21(23(28)29-14-18)24(34)30-13-17-6-4-5-7-22(17)27/h4-7,12,14-16,20H,8-11,13H2,1-3H3,(H2,28,29)(H,30,34). The SMILES string of the molecule is CC(C)(C)OC(=O)N1CCC(n2cc(-c3cnc(N)c(C(=O)NCc4ccccc4Cl)c3)cn2)CC1. The van der Waals surface area contributed by atoms with Crippen molar-refractivity contribution in [1.29, 1.82) is 0 Å². The Morgan fingerprint density at radius 2 is 1.89 bits per heavy atom. The molecule has 3 heterocycles. The third kappa shape index (κ3) is 6.15. The van der Waals surface area contributed by atoms with E-state index in [1.165, 1.54) is 0 Å². The van der Waals surface area contributed by atoms with Gasteiger partial charge in [0.1, 0.15) is 11.4 Å². The normalized spacial score (nSPS) is 14.5. The Balaban J connectivity index is 1.40. The molecule has 0 radical (unpaired) electrons. The Morgan fingerprint density at radius 3 is 2.58 bits per heavy atom. The summed E-state index contributed by atoms with van der Waals surface area (Å²) < 4.78 is 7.39. The molecule has 0 bridgehead atoms. The fourth-order valence-electron chi connectivity index (χ4n) is 4.05. The Kier molecular flexibility index (Phi) is 7.49. The van der Waals surface area contributed by atoms with E-state index in [1.54, 1.807) is 29.4 Å². The van der Waals surface area contributed by atoms with Crippen LogP contribution < -0.4 is 11.1 Å². The van der Waals surface area contributed by atoms with Crippen LogP contribution in [-0.2, 0) is 11.3 Å². The van der Waals surface area contributed by atoms with E-state index in [0.29, 0.717) is 18.1 Å². The number of nitrogens with zero attached hydrogens (tertiary/aromatic N) is 4. The molecule has 2 aromatic heterocycles. The fourth-order valence-corrected chi connectivity index (χ4v) is 4.26. The van der Waals surface area contributed by atoms with E-state index in [9.17, 15) is 9.59 Å². The quantitative estimate of drug-likeness (QED) is 0.514. The number of nitrogens with two attached hydrogens (primary N) is 1. The van der Waals surface area contributed by atoms with E-state index in [4.69, 9.17) is 22.1 Å². The maximum atomic E-state index is 12.8. The number of piperidine rings is 1. The zero-order chi connectivity index (χ0) is 25.9. The van der Waals surface area contributed by atoms with Crippen LogP contribution in [0.2, 0.25) is 5.02 Å². The average Bonchev–Trinajstić information content (AvgIpc) is 3.33. The van der Waals surface area contributed by atoms with Crippen molar-refractivity contribution in [1.82, 2.24) is 25.0 Å². The molecule has 1 aliphatic rings. The second-order valence-corrected chi connectivity index (χ2v) is 10.2. The summed E-state index contributed by atoms with van der Waals surface area (Å²) in [5.74, 6) is -0.180. The predicted molar refractivity (Wildman–Crippen MR) is 139 cm³/mol. The number of nitrogen functional groups attached to an aromatic ring is 1. The van der Waals surface area contributed by atoms with Gasteiger partial charge in [0.25, 0.3) is 5.91 Å². The molecule has 3 N–H and O–H groups in total. The maximum Gasteiger partial charge on any atom is 0.410 e. The van der Waals surface area contributed by atoms with Crippen LogP contribution >= 0.6 is 11.6 Å². The van der Waals surface area contributed by atoms with Gasteiger partial charge in [-0.15, -0.1) is 0 Å². The first-order valence-electron chi connectivity index (χ1n) is 11.9. The average molecular weight is 511 g/mol. The van der Waals surface area contributed by atoms with Crippen molar-refractivity contribution in [3.8, 4) is 11.1 Å². The van der Waals surface area contributed by atoms with Crippen molar-refractivity contribution >= 4 is 29.4 Å². The van der Waals surface area contributed by atoms with E-state index in [2.05, 4.69) is 15.4 Å². The lowest BCUT2D eigenvalue weighted by molar-refractivity contribution is 0.0184. The highest BCUT2D eigenvalue weighted by Gasteiger charge is 2.28. The molecule has 9 nitrogen and oxygen atoms in total. The maximum absolute atomic E-state index is 12.8. The number of benzene rings is 1. The topological polar surface area (TPSA) is 115 Å². The molecular weight excluding hydrogens is 480 g/mol. The van der Waals surface area contributed by atoms with E-state index in [0.717, 1.165) is 29.5 Å². The number of amides is 2. The van der Waals surface area contributed by atoms with Crippen molar-refractivity contribution < 1.29 is 14.3 Å². The number of rotatable bonds is 5. The van der Waals surface area contributed by atoms with Crippen LogP contribution in [0.15, 0.2) is 48.9 Å². The highest BCUT2D eigenvalue weighted by molar-refractivity contribution is 6.31. The zero-order valence-corrected chi connectivity index (χ0v) is 21.5. The van der Waals surface area contributed by atoms with Crippen LogP contribution in [0.5, 0.6) is 0 Å². The van der Waals surface area contributed by atoms with E-state index >= 15 is 0 Å². The first kappa shape index (κ1) is 25.5. The summed E-state index contributed by atoms with van der Waals surface area (Å²) in [5, 5.41) is 7.97. The van der Waals surface area contributed by atoms with Gasteiger partial charge in [0.15, 0.2) is 0 Å². The minimum absolute atomic E-state index is 0.150. The number of likely N-dealkylation sites (tertiary alicyclic amines) is 1. The number of pyridine rings is 1. The molecule has 2 amide bonds. The van der Waals surface area contributed by atoms with Gasteiger partial charge >= 0.3 is 6.09 Å². The number of ether oxygens (including phenoxy) is 1. The second kappa shape index (κ2) is 10.6. The number of hydrogen-bond acceptors (Lipinski definition) is 6. The summed E-state index contributed by atoms with van der Waals surface area (Å²) >= 11 is 6.18. The molecule has 0 atom stereocenters. The van der Waals surface area contributed by atoms with Crippen LogP contribution in [0, 0.1) is 0 Å². The number of anilines is 1. The molecule has 3 aromatic rings. The minimum Gasteiger partial charge on any atom is -0.444 e. The third-order valence-electron chi connectivity index (χ3n) is 5.99. The Labute approximate surface area is 215 Å². The molecule has 1 aromatic carbocycles. The van der Waals surface area contributed by atoms with Crippen molar-refractivity contribution in [2.75, 3.05) is 18.8 Å². The molecule has 10 heteroatoms. The van der Waals surface area contributed by atoms with Crippen LogP contribution in [0.1, 0.15) is 55.6 Å². The van der Waals surface area contributed by atoms with Crippen molar-refractivity contribution in [3.63, 3.8) is 0 Å². The van der Waals surface area contributed by atoms with E-state index < -0.39 is 5.60 Å². The molecule has 4 rings (SSSR count). The molecular formula is C26H31ClN6O3. The zero-order valence-electron chi connectivity index (χ0n) is 20.7. The monoisotopic (exact) mass is 510 g/mol. The summed E-state index contributed by atoms with van der Waals surface area (Å²) in [7, 11) is 0. The first-order valence-corrected chi connectivity index (χ1v) is 12.3. The number of aromatic nitrogens is 3. The van der Waals surface area contributed by atoms with Crippen LogP contribution in [0.25, 0.3) is 11.1 Å². The molecule has 0 spiro atoms. The summed E-state index contributed by atoms with van der Waals surface area (Å²) in [4.78, 5) is 31.1. The lowest BCUT2D eigenvalue weighted by atomic mass is 10.1. The molecule has 190 valence electrons. The molecule has 1 aliphatic heterocycles. The molecule has 1 fully saturated rings. The third-order valence-corrected chi connectivity index (χ3v) is 6.35. The molecule has 0 saturated carbocycles. The molecule has 0 unspecified atom stereocenters. The van der Waals surface area contributed by atoms with Crippen LogP contribution in [-0.4, -0.2) is 50.4 Å². The minimum atomic E-state index is -0.512. The lowest BCUT2D eigenvalue weighted by Gasteiger charge is -2.33. The van der Waals surface area contributed by atoms with Gasteiger partial charge in [-0.2, -0.15) is 5.10 Å². The molecule has 1 saturated heterocycles. The van der Waals surface area contributed by atoms with Crippen molar-refractivity contribution in [2.45, 2.75) is 51.8 Å². The van der Waals surface area contributed by atoms with E-state index in [1.807, 2.05) is 49.8 Å². The predicted octanol–water partition coefficient (Wildman–Crippen LogP) is 4.68. The summed E-state index contributed by atoms with van der Waals surface area (Å²) in [5.41, 5.74) is 8.17. The lowest BCUT2D eigenvalue weighted by Crippen LogP contribution is -2.42. The highest BCUT2D eigenvalue weighted by Crippen LogP contribution is 2.27. The molecule has 36 heavy (non-hydrogen) atoms. The van der Waals surface area contributed by atoms with Gasteiger partial charge < -0.3 is 20.7 Å². The first-order chi connectivity index (χ1) is 17.1. The van der Waals surface area contributed by atoms with Gasteiger partial charge in [0.2, 0.25) is 0 Å². The summed E-state index contributed by atoms with van der Waals surface area (Å²) in [6, 6.07) is 9.21. The number of carbonyl (C=O) groups excluding carboxylic acids is 2.